The number of morpholine rings is 1. The molecule has 110 valence electrons. The number of rotatable bonds is 4. The summed E-state index contributed by atoms with van der Waals surface area (Å²) in [4.78, 5) is 2.38. The fraction of sp³-hybridized carbons (Fsp3) is 0.294. The van der Waals surface area contributed by atoms with E-state index in [1.165, 1.54) is 16.9 Å². The van der Waals surface area contributed by atoms with Crippen LogP contribution in [0.25, 0.3) is 0 Å². The van der Waals surface area contributed by atoms with Crippen molar-refractivity contribution in [1.29, 1.82) is 0 Å². The van der Waals surface area contributed by atoms with Crippen molar-refractivity contribution in [3.8, 4) is 0 Å². The van der Waals surface area contributed by atoms with Gasteiger partial charge in [-0.2, -0.15) is 0 Å². The number of halogens is 1. The Hall–Kier alpha value is -1.52. The monoisotopic (exact) mass is 346 g/mol. The average molecular weight is 347 g/mol. The van der Waals surface area contributed by atoms with E-state index in [9.17, 15) is 0 Å². The van der Waals surface area contributed by atoms with Gasteiger partial charge in [0.25, 0.3) is 0 Å². The summed E-state index contributed by atoms with van der Waals surface area (Å²) < 4.78 is 6.58. The molecule has 0 saturated carbocycles. The predicted octanol–water partition coefficient (Wildman–Crippen LogP) is 3.90. The lowest BCUT2D eigenvalue weighted by Crippen LogP contribution is -2.36. The maximum atomic E-state index is 5.44. The normalized spacial score (nSPS) is 15.0. The minimum absolute atomic E-state index is 0.804. The number of para-hydroxylation sites is 2. The van der Waals surface area contributed by atoms with E-state index in [0.29, 0.717) is 0 Å². The molecule has 0 bridgehead atoms. The van der Waals surface area contributed by atoms with Crippen molar-refractivity contribution in [3.05, 3.63) is 58.6 Å². The van der Waals surface area contributed by atoms with Crippen LogP contribution in [0.2, 0.25) is 0 Å². The van der Waals surface area contributed by atoms with Gasteiger partial charge in [0, 0.05) is 24.1 Å². The predicted molar refractivity (Wildman–Crippen MR) is 90.9 cm³/mol. The highest BCUT2D eigenvalue weighted by Gasteiger charge is 2.14. The number of nitrogens with zero attached hydrogens (tertiary/aromatic N) is 1. The van der Waals surface area contributed by atoms with Gasteiger partial charge in [-0.15, -0.1) is 0 Å². The second-order valence-corrected chi connectivity index (χ2v) is 5.92. The number of hydrogen-bond donors (Lipinski definition) is 1. The lowest BCUT2D eigenvalue weighted by atomic mass is 10.2. The number of nitrogens with one attached hydrogen (secondary N) is 1. The van der Waals surface area contributed by atoms with Crippen molar-refractivity contribution < 1.29 is 4.74 Å². The second-order valence-electron chi connectivity index (χ2n) is 5.06. The zero-order valence-electron chi connectivity index (χ0n) is 11.9. The summed E-state index contributed by atoms with van der Waals surface area (Å²) in [6.07, 6.45) is 0. The summed E-state index contributed by atoms with van der Waals surface area (Å²) in [7, 11) is 0. The van der Waals surface area contributed by atoms with Crippen molar-refractivity contribution in [2.24, 2.45) is 0 Å². The topological polar surface area (TPSA) is 24.5 Å². The van der Waals surface area contributed by atoms with Crippen LogP contribution in [0.5, 0.6) is 0 Å². The Morgan fingerprint density at radius 1 is 1.00 bits per heavy atom. The largest absolute Gasteiger partial charge is 0.379 e. The van der Waals surface area contributed by atoms with Gasteiger partial charge in [0.05, 0.1) is 24.6 Å². The molecule has 1 aliphatic heterocycles. The number of anilines is 2. The molecule has 3 rings (SSSR count). The van der Waals surface area contributed by atoms with Crippen LogP contribution < -0.4 is 10.2 Å². The number of hydrogen-bond acceptors (Lipinski definition) is 3. The first-order valence-electron chi connectivity index (χ1n) is 7.23. The zero-order chi connectivity index (χ0) is 14.5. The van der Waals surface area contributed by atoms with Crippen LogP contribution in [-0.2, 0) is 11.3 Å². The number of ether oxygens (including phenoxy) is 1. The van der Waals surface area contributed by atoms with E-state index in [1.807, 2.05) is 6.07 Å². The first-order valence-corrected chi connectivity index (χ1v) is 8.03. The summed E-state index contributed by atoms with van der Waals surface area (Å²) in [5.74, 6) is 0. The Kier molecular flexibility index (Phi) is 4.78. The smallest absolute Gasteiger partial charge is 0.0642 e. The minimum atomic E-state index is 0.804. The van der Waals surface area contributed by atoms with Crippen LogP contribution in [0.15, 0.2) is 53.0 Å². The summed E-state index contributed by atoms with van der Waals surface area (Å²) in [6.45, 7) is 4.32. The highest BCUT2D eigenvalue weighted by molar-refractivity contribution is 9.10. The number of benzene rings is 2. The van der Waals surface area contributed by atoms with Crippen LogP contribution in [-0.4, -0.2) is 26.3 Å². The van der Waals surface area contributed by atoms with Gasteiger partial charge in [0.15, 0.2) is 0 Å². The molecule has 0 amide bonds. The molecule has 1 N–H and O–H groups in total. The molecule has 0 atom stereocenters. The van der Waals surface area contributed by atoms with Crippen LogP contribution in [0.3, 0.4) is 0 Å². The third kappa shape index (κ3) is 3.57. The summed E-state index contributed by atoms with van der Waals surface area (Å²) >= 11 is 3.60. The third-order valence-corrected chi connectivity index (χ3v) is 4.46. The molecular formula is C17H19BrN2O. The van der Waals surface area contributed by atoms with Gasteiger partial charge < -0.3 is 15.0 Å². The van der Waals surface area contributed by atoms with Gasteiger partial charge in [-0.3, -0.25) is 0 Å². The maximum Gasteiger partial charge on any atom is 0.0642 e. The molecule has 2 aromatic carbocycles. The van der Waals surface area contributed by atoms with Crippen molar-refractivity contribution in [2.45, 2.75) is 6.54 Å². The highest BCUT2D eigenvalue weighted by atomic mass is 79.9. The quantitative estimate of drug-likeness (QED) is 0.908. The fourth-order valence-electron chi connectivity index (χ4n) is 2.54. The summed E-state index contributed by atoms with van der Waals surface area (Å²) in [5, 5.41) is 3.56. The minimum Gasteiger partial charge on any atom is -0.379 e. The van der Waals surface area contributed by atoms with Crippen LogP contribution in [0.4, 0.5) is 11.4 Å². The molecule has 1 heterocycles. The Labute approximate surface area is 134 Å². The van der Waals surface area contributed by atoms with Gasteiger partial charge in [-0.1, -0.05) is 46.3 Å². The van der Waals surface area contributed by atoms with E-state index in [-0.39, 0.29) is 0 Å². The van der Waals surface area contributed by atoms with Gasteiger partial charge in [0.2, 0.25) is 0 Å². The van der Waals surface area contributed by atoms with E-state index in [0.717, 1.165) is 37.3 Å². The second kappa shape index (κ2) is 6.96. The molecule has 0 aliphatic carbocycles. The molecule has 2 aromatic rings. The molecule has 1 aliphatic rings. The molecule has 21 heavy (non-hydrogen) atoms. The van der Waals surface area contributed by atoms with Gasteiger partial charge in [-0.25, -0.2) is 0 Å². The lowest BCUT2D eigenvalue weighted by Gasteiger charge is -2.30. The van der Waals surface area contributed by atoms with E-state index >= 15 is 0 Å². The Balaban J connectivity index is 1.74. The fourth-order valence-corrected chi connectivity index (χ4v) is 2.96. The average Bonchev–Trinajstić information content (AvgIpc) is 2.55. The molecule has 1 fully saturated rings. The van der Waals surface area contributed by atoms with Crippen LogP contribution >= 0.6 is 15.9 Å². The Morgan fingerprint density at radius 3 is 2.52 bits per heavy atom. The highest BCUT2D eigenvalue weighted by Crippen LogP contribution is 2.27. The molecule has 0 unspecified atom stereocenters. The lowest BCUT2D eigenvalue weighted by molar-refractivity contribution is 0.123. The molecule has 1 saturated heterocycles. The Bertz CT molecular complexity index is 597. The molecular weight excluding hydrogens is 328 g/mol. The van der Waals surface area contributed by atoms with Crippen molar-refractivity contribution in [3.63, 3.8) is 0 Å². The Morgan fingerprint density at radius 2 is 1.71 bits per heavy atom. The van der Waals surface area contributed by atoms with Crippen LogP contribution in [0.1, 0.15) is 5.56 Å². The maximum absolute atomic E-state index is 5.44. The van der Waals surface area contributed by atoms with E-state index in [4.69, 9.17) is 4.74 Å². The standard InChI is InChI=1S/C17H19BrN2O/c18-15-6-2-1-5-14(15)13-19-16-7-3-4-8-17(16)20-9-11-21-12-10-20/h1-8,19H,9-13H2. The van der Waals surface area contributed by atoms with Crippen molar-refractivity contribution in [2.75, 3.05) is 36.5 Å². The first-order chi connectivity index (χ1) is 10.3. The van der Waals surface area contributed by atoms with Gasteiger partial charge >= 0.3 is 0 Å². The SMILES string of the molecule is Brc1ccccc1CNc1ccccc1N1CCOCC1. The van der Waals surface area contributed by atoms with Crippen molar-refractivity contribution in [1.82, 2.24) is 0 Å². The molecule has 3 nitrogen and oxygen atoms in total. The molecule has 4 heteroatoms. The van der Waals surface area contributed by atoms with E-state index in [2.05, 4.69) is 68.6 Å². The zero-order valence-corrected chi connectivity index (χ0v) is 13.5. The summed E-state index contributed by atoms with van der Waals surface area (Å²) in [5.41, 5.74) is 3.69. The van der Waals surface area contributed by atoms with E-state index in [1.54, 1.807) is 0 Å². The molecule has 0 spiro atoms. The molecule has 0 radical (unpaired) electrons. The van der Waals surface area contributed by atoms with E-state index < -0.39 is 0 Å². The van der Waals surface area contributed by atoms with Gasteiger partial charge in [0.1, 0.15) is 0 Å². The van der Waals surface area contributed by atoms with Crippen molar-refractivity contribution >= 4 is 27.3 Å². The van der Waals surface area contributed by atoms with Gasteiger partial charge in [-0.05, 0) is 23.8 Å². The first kappa shape index (κ1) is 14.4. The van der Waals surface area contributed by atoms with Crippen LogP contribution in [0, 0.1) is 0 Å². The summed E-state index contributed by atoms with van der Waals surface area (Å²) in [6, 6.07) is 16.8. The third-order valence-electron chi connectivity index (χ3n) is 3.68. The molecule has 0 aromatic heterocycles.